The SMILES string of the molecule is Cc1nc(S(C)(=O)=O)ccc1OCC1CCC(N2CCNCC2C)CC1.Cl.Cl. The lowest BCUT2D eigenvalue weighted by molar-refractivity contribution is 0.0708. The third-order valence-electron chi connectivity index (χ3n) is 5.70. The highest BCUT2D eigenvalue weighted by atomic mass is 35.5. The third kappa shape index (κ3) is 6.46. The molecule has 1 saturated heterocycles. The van der Waals surface area contributed by atoms with Crippen molar-refractivity contribution >= 4 is 34.7 Å². The van der Waals surface area contributed by atoms with Crippen LogP contribution in [0.2, 0.25) is 0 Å². The van der Waals surface area contributed by atoms with E-state index in [4.69, 9.17) is 4.74 Å². The maximum absolute atomic E-state index is 11.6. The summed E-state index contributed by atoms with van der Waals surface area (Å²) in [5.74, 6) is 1.26. The second-order valence-electron chi connectivity index (χ2n) is 7.78. The second kappa shape index (κ2) is 11.0. The van der Waals surface area contributed by atoms with Crippen molar-refractivity contribution in [1.82, 2.24) is 15.2 Å². The number of sulfone groups is 1. The van der Waals surface area contributed by atoms with Crippen LogP contribution in [0.25, 0.3) is 0 Å². The van der Waals surface area contributed by atoms with E-state index in [0.717, 1.165) is 19.6 Å². The first kappa shape index (κ1) is 25.4. The van der Waals surface area contributed by atoms with Gasteiger partial charge in [-0.05, 0) is 57.6 Å². The van der Waals surface area contributed by atoms with Crippen LogP contribution >= 0.6 is 24.8 Å². The Morgan fingerprint density at radius 3 is 2.46 bits per heavy atom. The summed E-state index contributed by atoms with van der Waals surface area (Å²) >= 11 is 0. The van der Waals surface area contributed by atoms with E-state index < -0.39 is 9.84 Å². The molecule has 6 nitrogen and oxygen atoms in total. The molecule has 1 aliphatic carbocycles. The number of aromatic nitrogens is 1. The van der Waals surface area contributed by atoms with Crippen LogP contribution in [-0.4, -0.2) is 62.9 Å². The number of rotatable bonds is 5. The van der Waals surface area contributed by atoms with Crippen molar-refractivity contribution in [1.29, 1.82) is 0 Å². The summed E-state index contributed by atoms with van der Waals surface area (Å²) in [7, 11) is -3.27. The molecule has 0 aromatic carbocycles. The molecule has 1 N–H and O–H groups in total. The Bertz CT molecular complexity index is 725. The van der Waals surface area contributed by atoms with Gasteiger partial charge in [0.15, 0.2) is 14.9 Å². The average molecular weight is 454 g/mol. The minimum atomic E-state index is -3.27. The maximum Gasteiger partial charge on any atom is 0.192 e. The molecule has 2 heterocycles. The molecule has 0 bridgehead atoms. The van der Waals surface area contributed by atoms with Crippen molar-refractivity contribution < 1.29 is 13.2 Å². The van der Waals surface area contributed by atoms with Gasteiger partial charge in [-0.15, -0.1) is 24.8 Å². The molecule has 0 amide bonds. The summed E-state index contributed by atoms with van der Waals surface area (Å²) in [5, 5.41) is 3.57. The monoisotopic (exact) mass is 453 g/mol. The van der Waals surface area contributed by atoms with Crippen molar-refractivity contribution in [3.8, 4) is 5.75 Å². The first-order valence-corrected chi connectivity index (χ1v) is 11.5. The second-order valence-corrected chi connectivity index (χ2v) is 9.74. The zero-order valence-electron chi connectivity index (χ0n) is 16.9. The number of nitrogens with one attached hydrogen (secondary N) is 1. The standard InChI is InChI=1S/C19H31N3O3S.2ClH/c1-14-12-20-10-11-22(14)17-6-4-16(5-7-17)13-25-18-8-9-19(21-15(18)2)26(3,23)24;;/h8-9,14,16-17,20H,4-7,10-13H2,1-3H3;2*1H. The van der Waals surface area contributed by atoms with Crippen LogP contribution in [-0.2, 0) is 9.84 Å². The Hall–Kier alpha value is -0.600. The number of aryl methyl sites for hydroxylation is 1. The molecule has 9 heteroatoms. The van der Waals surface area contributed by atoms with Gasteiger partial charge in [-0.1, -0.05) is 0 Å². The molecule has 1 aliphatic heterocycles. The Labute approximate surface area is 181 Å². The molecule has 1 saturated carbocycles. The van der Waals surface area contributed by atoms with Gasteiger partial charge in [0, 0.05) is 38.0 Å². The van der Waals surface area contributed by atoms with E-state index in [0.29, 0.717) is 36.1 Å². The molecule has 1 unspecified atom stereocenters. The van der Waals surface area contributed by atoms with Gasteiger partial charge in [0.05, 0.1) is 12.3 Å². The van der Waals surface area contributed by atoms with Gasteiger partial charge < -0.3 is 10.1 Å². The van der Waals surface area contributed by atoms with Gasteiger partial charge in [-0.2, -0.15) is 0 Å². The molecule has 2 aliphatic rings. The van der Waals surface area contributed by atoms with Crippen molar-refractivity contribution in [3.05, 3.63) is 17.8 Å². The van der Waals surface area contributed by atoms with Crippen molar-refractivity contribution in [3.63, 3.8) is 0 Å². The molecule has 1 aromatic rings. The summed E-state index contributed by atoms with van der Waals surface area (Å²) in [4.78, 5) is 6.84. The lowest BCUT2D eigenvalue weighted by atomic mass is 9.85. The van der Waals surface area contributed by atoms with Crippen LogP contribution in [0, 0.1) is 12.8 Å². The zero-order chi connectivity index (χ0) is 18.7. The van der Waals surface area contributed by atoms with E-state index >= 15 is 0 Å². The molecular formula is C19H33Cl2N3O3S. The normalized spacial score (nSPS) is 26.0. The molecule has 0 spiro atoms. The first-order chi connectivity index (χ1) is 12.3. The van der Waals surface area contributed by atoms with Crippen LogP contribution in [0.1, 0.15) is 38.3 Å². The third-order valence-corrected chi connectivity index (χ3v) is 6.69. The van der Waals surface area contributed by atoms with Crippen LogP contribution in [0.5, 0.6) is 5.75 Å². The number of nitrogens with zero attached hydrogens (tertiary/aromatic N) is 2. The van der Waals surface area contributed by atoms with Crippen LogP contribution < -0.4 is 10.1 Å². The number of piperazine rings is 1. The minimum Gasteiger partial charge on any atom is -0.491 e. The molecule has 1 aromatic heterocycles. The predicted molar refractivity (Wildman–Crippen MR) is 117 cm³/mol. The Morgan fingerprint density at radius 2 is 1.89 bits per heavy atom. The van der Waals surface area contributed by atoms with E-state index in [1.807, 2.05) is 0 Å². The zero-order valence-corrected chi connectivity index (χ0v) is 19.3. The van der Waals surface area contributed by atoms with E-state index in [-0.39, 0.29) is 29.8 Å². The van der Waals surface area contributed by atoms with E-state index in [9.17, 15) is 8.42 Å². The summed E-state index contributed by atoms with van der Waals surface area (Å²) in [6.45, 7) is 8.15. The van der Waals surface area contributed by atoms with Gasteiger partial charge in [0.25, 0.3) is 0 Å². The molecule has 0 radical (unpaired) electrons. The highest BCUT2D eigenvalue weighted by molar-refractivity contribution is 7.90. The maximum atomic E-state index is 11.6. The van der Waals surface area contributed by atoms with Gasteiger partial charge in [0.2, 0.25) is 0 Å². The summed E-state index contributed by atoms with van der Waals surface area (Å²) in [6, 6.07) is 4.59. The summed E-state index contributed by atoms with van der Waals surface area (Å²) < 4.78 is 29.1. The molecule has 28 heavy (non-hydrogen) atoms. The van der Waals surface area contributed by atoms with Gasteiger partial charge in [0.1, 0.15) is 5.75 Å². The highest BCUT2D eigenvalue weighted by Gasteiger charge is 2.30. The van der Waals surface area contributed by atoms with Crippen LogP contribution in [0.3, 0.4) is 0 Å². The van der Waals surface area contributed by atoms with E-state index in [2.05, 4.69) is 22.1 Å². The summed E-state index contributed by atoms with van der Waals surface area (Å²) in [6.07, 6.45) is 6.03. The Kier molecular flexibility index (Phi) is 9.97. The Morgan fingerprint density at radius 1 is 1.21 bits per heavy atom. The van der Waals surface area contributed by atoms with E-state index in [1.165, 1.54) is 38.0 Å². The number of ether oxygens (including phenoxy) is 1. The van der Waals surface area contributed by atoms with Crippen molar-refractivity contribution in [2.75, 3.05) is 32.5 Å². The van der Waals surface area contributed by atoms with Crippen LogP contribution in [0.15, 0.2) is 17.2 Å². The topological polar surface area (TPSA) is 71.5 Å². The van der Waals surface area contributed by atoms with Crippen molar-refractivity contribution in [2.45, 2.75) is 56.6 Å². The number of pyridine rings is 1. The smallest absolute Gasteiger partial charge is 0.192 e. The fourth-order valence-corrected chi connectivity index (χ4v) is 4.75. The lowest BCUT2D eigenvalue weighted by Crippen LogP contribution is -2.54. The quantitative estimate of drug-likeness (QED) is 0.738. The largest absolute Gasteiger partial charge is 0.491 e. The highest BCUT2D eigenvalue weighted by Crippen LogP contribution is 2.30. The fourth-order valence-electron chi connectivity index (χ4n) is 4.13. The molecule has 162 valence electrons. The summed E-state index contributed by atoms with van der Waals surface area (Å²) in [5.41, 5.74) is 0.635. The minimum absolute atomic E-state index is 0. The molecular weight excluding hydrogens is 421 g/mol. The Balaban J connectivity index is 0.00000196. The average Bonchev–Trinajstić information content (AvgIpc) is 2.61. The van der Waals surface area contributed by atoms with Crippen LogP contribution in [0.4, 0.5) is 0 Å². The molecule has 1 atom stereocenters. The molecule has 2 fully saturated rings. The van der Waals surface area contributed by atoms with Gasteiger partial charge in [-0.25, -0.2) is 13.4 Å². The molecule has 3 rings (SSSR count). The van der Waals surface area contributed by atoms with Crippen molar-refractivity contribution in [2.24, 2.45) is 5.92 Å². The lowest BCUT2D eigenvalue weighted by Gasteiger charge is -2.43. The van der Waals surface area contributed by atoms with Gasteiger partial charge >= 0.3 is 0 Å². The van der Waals surface area contributed by atoms with Gasteiger partial charge in [-0.3, -0.25) is 4.90 Å². The number of hydrogen-bond acceptors (Lipinski definition) is 6. The predicted octanol–water partition coefficient (Wildman–Crippen LogP) is 2.87. The fraction of sp³-hybridized carbons (Fsp3) is 0.737. The first-order valence-electron chi connectivity index (χ1n) is 9.61. The number of halogens is 2. The van der Waals surface area contributed by atoms with E-state index in [1.54, 1.807) is 13.0 Å². The number of hydrogen-bond donors (Lipinski definition) is 1.